The van der Waals surface area contributed by atoms with Crippen molar-refractivity contribution < 1.29 is 14.3 Å². The summed E-state index contributed by atoms with van der Waals surface area (Å²) < 4.78 is 11.9. The lowest BCUT2D eigenvalue weighted by Gasteiger charge is -2.13. The highest BCUT2D eigenvalue weighted by Crippen LogP contribution is 2.29. The zero-order valence-corrected chi connectivity index (χ0v) is 14.7. The summed E-state index contributed by atoms with van der Waals surface area (Å²) in [5.74, 6) is 0.885. The standard InChI is InChI=1S/C17H16BrClO3/c1-3-17(20)22-16-6-4-5-14(18)13(16)10-21-12-8-7-11(2)15(19)9-12/h4-9H,3,10H2,1-2H3. The Kier molecular flexibility index (Phi) is 5.86. The van der Waals surface area contributed by atoms with Gasteiger partial charge in [0, 0.05) is 21.5 Å². The minimum absolute atomic E-state index is 0.271. The first-order valence-electron chi connectivity index (χ1n) is 6.88. The molecular weight excluding hydrogens is 368 g/mol. The second kappa shape index (κ2) is 7.65. The van der Waals surface area contributed by atoms with Gasteiger partial charge in [-0.1, -0.05) is 46.6 Å². The summed E-state index contributed by atoms with van der Waals surface area (Å²) >= 11 is 9.55. The summed E-state index contributed by atoms with van der Waals surface area (Å²) in [6, 6.07) is 11.0. The molecule has 0 unspecified atom stereocenters. The van der Waals surface area contributed by atoms with Gasteiger partial charge in [0.05, 0.1) is 0 Å². The Bertz CT molecular complexity index is 686. The van der Waals surface area contributed by atoms with Gasteiger partial charge in [-0.2, -0.15) is 0 Å². The zero-order valence-electron chi connectivity index (χ0n) is 12.4. The van der Waals surface area contributed by atoms with Crippen LogP contribution < -0.4 is 9.47 Å². The molecule has 2 aromatic rings. The van der Waals surface area contributed by atoms with Crippen molar-refractivity contribution in [3.05, 3.63) is 57.0 Å². The molecular formula is C17H16BrClO3. The van der Waals surface area contributed by atoms with E-state index in [4.69, 9.17) is 21.1 Å². The molecule has 0 radical (unpaired) electrons. The average Bonchev–Trinajstić information content (AvgIpc) is 2.50. The summed E-state index contributed by atoms with van der Waals surface area (Å²) in [5.41, 5.74) is 1.77. The van der Waals surface area contributed by atoms with Crippen molar-refractivity contribution in [1.82, 2.24) is 0 Å². The summed E-state index contributed by atoms with van der Waals surface area (Å²) in [5, 5.41) is 0.655. The molecule has 0 bridgehead atoms. The third-order valence-electron chi connectivity index (χ3n) is 3.11. The maximum Gasteiger partial charge on any atom is 0.310 e. The fraction of sp³-hybridized carbons (Fsp3) is 0.235. The number of esters is 1. The van der Waals surface area contributed by atoms with Gasteiger partial charge in [-0.3, -0.25) is 4.79 Å². The molecule has 0 N–H and O–H groups in total. The summed E-state index contributed by atoms with van der Waals surface area (Å²) in [7, 11) is 0. The lowest BCUT2D eigenvalue weighted by molar-refractivity contribution is -0.134. The quantitative estimate of drug-likeness (QED) is 0.519. The van der Waals surface area contributed by atoms with Crippen LogP contribution in [-0.2, 0) is 11.4 Å². The fourth-order valence-electron chi connectivity index (χ4n) is 1.79. The van der Waals surface area contributed by atoms with E-state index < -0.39 is 0 Å². The van der Waals surface area contributed by atoms with Crippen molar-refractivity contribution in [2.45, 2.75) is 26.9 Å². The Morgan fingerprint density at radius 3 is 2.73 bits per heavy atom. The summed E-state index contributed by atoms with van der Waals surface area (Å²) in [4.78, 5) is 11.5. The highest BCUT2D eigenvalue weighted by atomic mass is 79.9. The number of hydrogen-bond donors (Lipinski definition) is 0. The van der Waals surface area contributed by atoms with Gasteiger partial charge in [-0.15, -0.1) is 0 Å². The number of halogens is 2. The van der Waals surface area contributed by atoms with Crippen LogP contribution in [0.25, 0.3) is 0 Å². The van der Waals surface area contributed by atoms with Gasteiger partial charge in [-0.25, -0.2) is 0 Å². The van der Waals surface area contributed by atoms with Gasteiger partial charge in [-0.05, 0) is 36.8 Å². The van der Waals surface area contributed by atoms with E-state index in [0.717, 1.165) is 15.6 Å². The number of rotatable bonds is 5. The van der Waals surface area contributed by atoms with Crippen molar-refractivity contribution in [2.24, 2.45) is 0 Å². The van der Waals surface area contributed by atoms with Crippen LogP contribution in [0.15, 0.2) is 40.9 Å². The van der Waals surface area contributed by atoms with E-state index in [1.807, 2.05) is 31.2 Å². The van der Waals surface area contributed by atoms with Crippen LogP contribution >= 0.6 is 27.5 Å². The predicted octanol–water partition coefficient (Wildman–Crippen LogP) is 5.31. The first-order chi connectivity index (χ1) is 10.5. The topological polar surface area (TPSA) is 35.5 Å². The molecule has 0 aromatic heterocycles. The van der Waals surface area contributed by atoms with E-state index in [0.29, 0.717) is 22.9 Å². The molecule has 0 amide bonds. The van der Waals surface area contributed by atoms with Crippen molar-refractivity contribution in [3.8, 4) is 11.5 Å². The first kappa shape index (κ1) is 16.8. The average molecular weight is 384 g/mol. The Hall–Kier alpha value is -1.52. The lowest BCUT2D eigenvalue weighted by Crippen LogP contribution is -2.09. The Labute approximate surface area is 143 Å². The summed E-state index contributed by atoms with van der Waals surface area (Å²) in [6.45, 7) is 3.96. The van der Waals surface area contributed by atoms with Crippen molar-refractivity contribution in [2.75, 3.05) is 0 Å². The summed E-state index contributed by atoms with van der Waals surface area (Å²) in [6.07, 6.45) is 0.320. The van der Waals surface area contributed by atoms with Gasteiger partial charge in [0.25, 0.3) is 0 Å². The van der Waals surface area contributed by atoms with E-state index >= 15 is 0 Å². The smallest absolute Gasteiger partial charge is 0.310 e. The molecule has 116 valence electrons. The molecule has 0 heterocycles. The number of benzene rings is 2. The molecule has 3 nitrogen and oxygen atoms in total. The molecule has 0 aliphatic carbocycles. The molecule has 0 spiro atoms. The lowest BCUT2D eigenvalue weighted by atomic mass is 10.2. The Morgan fingerprint density at radius 2 is 2.05 bits per heavy atom. The largest absolute Gasteiger partial charge is 0.489 e. The molecule has 0 fully saturated rings. The van der Waals surface area contributed by atoms with Crippen molar-refractivity contribution in [3.63, 3.8) is 0 Å². The van der Waals surface area contributed by atoms with Crippen LogP contribution in [0.1, 0.15) is 24.5 Å². The number of carbonyl (C=O) groups is 1. The zero-order chi connectivity index (χ0) is 16.1. The van der Waals surface area contributed by atoms with E-state index in [9.17, 15) is 4.79 Å². The molecule has 2 aromatic carbocycles. The molecule has 2 rings (SSSR count). The van der Waals surface area contributed by atoms with Gasteiger partial charge < -0.3 is 9.47 Å². The van der Waals surface area contributed by atoms with Crippen molar-refractivity contribution in [1.29, 1.82) is 0 Å². The number of ether oxygens (including phenoxy) is 2. The highest BCUT2D eigenvalue weighted by molar-refractivity contribution is 9.10. The molecule has 0 aliphatic rings. The van der Waals surface area contributed by atoms with Crippen LogP contribution in [0.2, 0.25) is 5.02 Å². The SMILES string of the molecule is CCC(=O)Oc1cccc(Br)c1COc1ccc(C)c(Cl)c1. The third kappa shape index (κ3) is 4.24. The van der Waals surface area contributed by atoms with Crippen molar-refractivity contribution >= 4 is 33.5 Å². The Balaban J connectivity index is 2.17. The van der Waals surface area contributed by atoms with E-state index in [1.54, 1.807) is 19.1 Å². The highest BCUT2D eigenvalue weighted by Gasteiger charge is 2.12. The minimum Gasteiger partial charge on any atom is -0.489 e. The van der Waals surface area contributed by atoms with Gasteiger partial charge in [0.1, 0.15) is 18.1 Å². The van der Waals surface area contributed by atoms with Crippen LogP contribution in [0.4, 0.5) is 0 Å². The third-order valence-corrected chi connectivity index (χ3v) is 4.26. The van der Waals surface area contributed by atoms with E-state index in [2.05, 4.69) is 15.9 Å². The number of carbonyl (C=O) groups excluding carboxylic acids is 1. The molecule has 0 aliphatic heterocycles. The molecule has 22 heavy (non-hydrogen) atoms. The molecule has 5 heteroatoms. The van der Waals surface area contributed by atoms with E-state index in [1.165, 1.54) is 0 Å². The van der Waals surface area contributed by atoms with Gasteiger partial charge in [0.2, 0.25) is 0 Å². The van der Waals surface area contributed by atoms with Crippen LogP contribution in [0, 0.1) is 6.92 Å². The molecule has 0 saturated heterocycles. The normalized spacial score (nSPS) is 10.4. The maximum atomic E-state index is 11.5. The maximum absolute atomic E-state index is 11.5. The van der Waals surface area contributed by atoms with E-state index in [-0.39, 0.29) is 12.6 Å². The van der Waals surface area contributed by atoms with Crippen LogP contribution in [-0.4, -0.2) is 5.97 Å². The number of aryl methyl sites for hydroxylation is 1. The number of hydrogen-bond acceptors (Lipinski definition) is 3. The Morgan fingerprint density at radius 1 is 1.27 bits per heavy atom. The van der Waals surface area contributed by atoms with Gasteiger partial charge in [0.15, 0.2) is 0 Å². The fourth-order valence-corrected chi connectivity index (χ4v) is 2.42. The molecule has 0 saturated carbocycles. The minimum atomic E-state index is -0.280. The molecule has 0 atom stereocenters. The van der Waals surface area contributed by atoms with Crippen LogP contribution in [0.3, 0.4) is 0 Å². The monoisotopic (exact) mass is 382 g/mol. The second-order valence-corrected chi connectivity index (χ2v) is 6.01. The second-order valence-electron chi connectivity index (χ2n) is 4.74. The first-order valence-corrected chi connectivity index (χ1v) is 8.05. The van der Waals surface area contributed by atoms with Crippen LogP contribution in [0.5, 0.6) is 11.5 Å². The van der Waals surface area contributed by atoms with Gasteiger partial charge >= 0.3 is 5.97 Å². The predicted molar refractivity (Wildman–Crippen MR) is 90.6 cm³/mol.